The van der Waals surface area contributed by atoms with Gasteiger partial charge in [0.25, 0.3) is 0 Å². The fourth-order valence-electron chi connectivity index (χ4n) is 2.27. The molecule has 1 aromatic carbocycles. The Bertz CT molecular complexity index is 421. The zero-order chi connectivity index (χ0) is 11.8. The van der Waals surface area contributed by atoms with E-state index in [4.69, 9.17) is 11.6 Å². The van der Waals surface area contributed by atoms with Gasteiger partial charge in [-0.05, 0) is 37.5 Å². The molecule has 0 unspecified atom stereocenters. The first kappa shape index (κ1) is 11.4. The lowest BCUT2D eigenvalue weighted by Crippen LogP contribution is -2.46. The van der Waals surface area contributed by atoms with E-state index in [0.29, 0.717) is 11.4 Å². The maximum atomic E-state index is 11.5. The van der Waals surface area contributed by atoms with Crippen LogP contribution in [0.2, 0.25) is 5.02 Å². The van der Waals surface area contributed by atoms with Crippen LogP contribution in [0.4, 0.5) is 0 Å². The Morgan fingerprint density at radius 2 is 2.38 bits per heavy atom. The molecular weight excluding hydrogens is 226 g/mol. The monoisotopic (exact) mass is 239 g/mol. The van der Waals surface area contributed by atoms with Gasteiger partial charge in [-0.1, -0.05) is 23.7 Å². The Labute approximate surface area is 99.4 Å². The highest BCUT2D eigenvalue weighted by Crippen LogP contribution is 2.34. The molecule has 1 fully saturated rings. The van der Waals surface area contributed by atoms with Crippen molar-refractivity contribution in [3.63, 3.8) is 0 Å². The number of aliphatic carboxylic acids is 1. The van der Waals surface area contributed by atoms with Crippen LogP contribution >= 0.6 is 11.6 Å². The lowest BCUT2D eigenvalue weighted by Gasteiger charge is -2.26. The van der Waals surface area contributed by atoms with E-state index in [1.165, 1.54) is 0 Å². The molecule has 1 heterocycles. The molecule has 2 atom stereocenters. The van der Waals surface area contributed by atoms with Crippen molar-refractivity contribution in [2.45, 2.75) is 31.3 Å². The minimum Gasteiger partial charge on any atom is -0.480 e. The highest BCUT2D eigenvalue weighted by Gasteiger charge is 2.45. The third-order valence-electron chi connectivity index (χ3n) is 3.13. The largest absolute Gasteiger partial charge is 0.480 e. The fraction of sp³-hybridized carbons (Fsp3) is 0.417. The zero-order valence-electron chi connectivity index (χ0n) is 9.03. The summed E-state index contributed by atoms with van der Waals surface area (Å²) in [5, 5.41) is 13.1. The highest BCUT2D eigenvalue weighted by molar-refractivity contribution is 6.30. The average Bonchev–Trinajstić information content (AvgIpc) is 2.62. The Balaban J connectivity index is 2.45. The summed E-state index contributed by atoms with van der Waals surface area (Å²) in [5.74, 6) is -0.834. The number of nitrogens with one attached hydrogen (secondary N) is 1. The van der Waals surface area contributed by atoms with Gasteiger partial charge in [0.1, 0.15) is 5.54 Å². The fourth-order valence-corrected chi connectivity index (χ4v) is 2.46. The smallest absolute Gasteiger partial charge is 0.328 e. The van der Waals surface area contributed by atoms with Crippen molar-refractivity contribution < 1.29 is 9.90 Å². The first-order chi connectivity index (χ1) is 7.54. The normalized spacial score (nSPS) is 29.2. The van der Waals surface area contributed by atoms with E-state index in [0.717, 1.165) is 12.0 Å². The van der Waals surface area contributed by atoms with Gasteiger partial charge >= 0.3 is 5.97 Å². The number of carboxylic acids is 1. The van der Waals surface area contributed by atoms with Gasteiger partial charge in [0.2, 0.25) is 0 Å². The molecule has 0 spiro atoms. The molecule has 86 valence electrons. The predicted molar refractivity (Wildman–Crippen MR) is 62.6 cm³/mol. The lowest BCUT2D eigenvalue weighted by molar-refractivity contribution is -0.144. The van der Waals surface area contributed by atoms with Crippen molar-refractivity contribution in [3.8, 4) is 0 Å². The van der Waals surface area contributed by atoms with Gasteiger partial charge < -0.3 is 5.11 Å². The van der Waals surface area contributed by atoms with E-state index in [1.54, 1.807) is 18.2 Å². The summed E-state index contributed by atoms with van der Waals surface area (Å²) in [5.41, 5.74) is -0.235. The van der Waals surface area contributed by atoms with Gasteiger partial charge in [0.15, 0.2) is 0 Å². The molecule has 1 saturated heterocycles. The van der Waals surface area contributed by atoms with E-state index in [9.17, 15) is 9.90 Å². The molecule has 0 saturated carbocycles. The third-order valence-corrected chi connectivity index (χ3v) is 3.36. The topological polar surface area (TPSA) is 49.3 Å². The summed E-state index contributed by atoms with van der Waals surface area (Å²) in [6.07, 6.45) is 1.46. The molecule has 3 nitrogen and oxygen atoms in total. The van der Waals surface area contributed by atoms with Crippen LogP contribution in [0.25, 0.3) is 0 Å². The van der Waals surface area contributed by atoms with Crippen LogP contribution in [0, 0.1) is 0 Å². The van der Waals surface area contributed by atoms with Gasteiger partial charge in [-0.3, -0.25) is 5.32 Å². The molecule has 0 aliphatic carbocycles. The van der Waals surface area contributed by atoms with E-state index in [2.05, 4.69) is 5.32 Å². The van der Waals surface area contributed by atoms with E-state index < -0.39 is 11.5 Å². The molecular formula is C12H14ClNO2. The van der Waals surface area contributed by atoms with Crippen molar-refractivity contribution in [1.82, 2.24) is 5.32 Å². The number of hydrogen-bond acceptors (Lipinski definition) is 2. The highest BCUT2D eigenvalue weighted by atomic mass is 35.5. The van der Waals surface area contributed by atoms with Crippen LogP contribution in [0.1, 0.15) is 25.3 Å². The zero-order valence-corrected chi connectivity index (χ0v) is 9.79. The molecule has 2 N–H and O–H groups in total. The second kappa shape index (κ2) is 4.07. The van der Waals surface area contributed by atoms with E-state index in [-0.39, 0.29) is 6.04 Å². The molecule has 1 aromatic rings. The van der Waals surface area contributed by atoms with Crippen LogP contribution in [0.5, 0.6) is 0 Å². The van der Waals surface area contributed by atoms with Gasteiger partial charge in [-0.2, -0.15) is 0 Å². The van der Waals surface area contributed by atoms with E-state index >= 15 is 0 Å². The summed E-state index contributed by atoms with van der Waals surface area (Å²) in [7, 11) is 0. The maximum Gasteiger partial charge on any atom is 0.328 e. The lowest BCUT2D eigenvalue weighted by atomic mass is 9.88. The average molecular weight is 240 g/mol. The standard InChI is InChI=1S/C12H14ClNO2/c1-8-5-6-12(14-8,11(15)16)9-3-2-4-10(13)7-9/h2-4,7-8,14H,5-6H2,1H3,(H,15,16)/t8-,12+/m0/s1. The number of hydrogen-bond donors (Lipinski definition) is 2. The maximum absolute atomic E-state index is 11.5. The van der Waals surface area contributed by atoms with Gasteiger partial charge in [0, 0.05) is 11.1 Å². The van der Waals surface area contributed by atoms with Crippen molar-refractivity contribution in [1.29, 1.82) is 0 Å². The van der Waals surface area contributed by atoms with E-state index in [1.807, 2.05) is 13.0 Å². The SMILES string of the molecule is C[C@H]1CC[C@](C(=O)O)(c2cccc(Cl)c2)N1. The number of carbonyl (C=O) groups is 1. The Morgan fingerprint density at radius 1 is 1.62 bits per heavy atom. The van der Waals surface area contributed by atoms with Crippen molar-refractivity contribution >= 4 is 17.6 Å². The Kier molecular flexibility index (Phi) is 2.91. The van der Waals surface area contributed by atoms with Crippen molar-refractivity contribution in [2.75, 3.05) is 0 Å². The Morgan fingerprint density at radius 3 is 2.88 bits per heavy atom. The first-order valence-corrected chi connectivity index (χ1v) is 5.69. The number of benzene rings is 1. The van der Waals surface area contributed by atoms with Crippen LogP contribution in [0.15, 0.2) is 24.3 Å². The predicted octanol–water partition coefficient (Wildman–Crippen LogP) is 2.39. The molecule has 2 rings (SSSR count). The second-order valence-electron chi connectivity index (χ2n) is 4.30. The second-order valence-corrected chi connectivity index (χ2v) is 4.74. The van der Waals surface area contributed by atoms with Crippen molar-refractivity contribution in [3.05, 3.63) is 34.9 Å². The number of rotatable bonds is 2. The van der Waals surface area contributed by atoms with Crippen LogP contribution in [-0.2, 0) is 10.3 Å². The summed E-state index contributed by atoms with van der Waals surface area (Å²) >= 11 is 5.91. The third kappa shape index (κ3) is 1.81. The quantitative estimate of drug-likeness (QED) is 0.833. The molecule has 16 heavy (non-hydrogen) atoms. The first-order valence-electron chi connectivity index (χ1n) is 5.32. The summed E-state index contributed by atoms with van der Waals surface area (Å²) in [6, 6.07) is 7.28. The van der Waals surface area contributed by atoms with Crippen LogP contribution in [-0.4, -0.2) is 17.1 Å². The summed E-state index contributed by atoms with van der Waals surface area (Å²) < 4.78 is 0. The van der Waals surface area contributed by atoms with Crippen LogP contribution in [0.3, 0.4) is 0 Å². The molecule has 0 amide bonds. The molecule has 1 aliphatic heterocycles. The Hall–Kier alpha value is -1.06. The molecule has 4 heteroatoms. The molecule has 0 bridgehead atoms. The van der Waals surface area contributed by atoms with Crippen LogP contribution < -0.4 is 5.32 Å². The minimum absolute atomic E-state index is 0.218. The van der Waals surface area contributed by atoms with Gasteiger partial charge in [0.05, 0.1) is 0 Å². The summed E-state index contributed by atoms with van der Waals surface area (Å²) in [6.45, 7) is 2.00. The molecule has 0 radical (unpaired) electrons. The molecule has 1 aliphatic rings. The minimum atomic E-state index is -0.968. The molecule has 0 aromatic heterocycles. The van der Waals surface area contributed by atoms with Gasteiger partial charge in [-0.15, -0.1) is 0 Å². The number of halogens is 1. The number of carboxylic acid groups (broad SMARTS) is 1. The van der Waals surface area contributed by atoms with Gasteiger partial charge in [-0.25, -0.2) is 4.79 Å². The summed E-state index contributed by atoms with van der Waals surface area (Å²) in [4.78, 5) is 11.5. The van der Waals surface area contributed by atoms with Crippen molar-refractivity contribution in [2.24, 2.45) is 0 Å².